The van der Waals surface area contributed by atoms with Crippen molar-refractivity contribution in [2.24, 2.45) is 5.92 Å². The number of nitrogens with one attached hydrogen (secondary N) is 1. The largest absolute Gasteiger partial charge is 0.497 e. The highest BCUT2D eigenvalue weighted by Crippen LogP contribution is 2.36. The minimum absolute atomic E-state index is 0.0241. The van der Waals surface area contributed by atoms with Crippen LogP contribution in [0.3, 0.4) is 0 Å². The second-order valence-corrected chi connectivity index (χ2v) is 6.57. The van der Waals surface area contributed by atoms with Gasteiger partial charge in [0.1, 0.15) is 17.2 Å². The number of nitro groups is 1. The fourth-order valence-corrected chi connectivity index (χ4v) is 3.26. The highest BCUT2D eigenvalue weighted by molar-refractivity contribution is 6.04. The van der Waals surface area contributed by atoms with E-state index in [1.54, 1.807) is 18.2 Å². The van der Waals surface area contributed by atoms with Crippen molar-refractivity contribution in [1.82, 2.24) is 0 Å². The SMILES string of the molecule is COc1ccc(N2C[C@H](C(=O)Nc3ccc([N+](=O)[O-])cc3OC)CC2=O)c(OC)c1. The summed E-state index contributed by atoms with van der Waals surface area (Å²) in [5.41, 5.74) is 0.686. The Morgan fingerprint density at radius 2 is 1.83 bits per heavy atom. The van der Waals surface area contributed by atoms with E-state index >= 15 is 0 Å². The molecule has 1 aliphatic heterocycles. The van der Waals surface area contributed by atoms with Crippen molar-refractivity contribution in [3.8, 4) is 17.2 Å². The Labute approximate surface area is 172 Å². The fraction of sp³-hybridized carbons (Fsp3) is 0.300. The molecule has 0 spiro atoms. The maximum atomic E-state index is 12.7. The van der Waals surface area contributed by atoms with Crippen molar-refractivity contribution in [3.05, 3.63) is 46.5 Å². The Morgan fingerprint density at radius 3 is 2.47 bits per heavy atom. The monoisotopic (exact) mass is 415 g/mol. The molecule has 0 saturated carbocycles. The maximum absolute atomic E-state index is 12.7. The van der Waals surface area contributed by atoms with Gasteiger partial charge in [-0.05, 0) is 18.2 Å². The van der Waals surface area contributed by atoms with Crippen LogP contribution in [0.1, 0.15) is 6.42 Å². The topological polar surface area (TPSA) is 120 Å². The summed E-state index contributed by atoms with van der Waals surface area (Å²) in [7, 11) is 4.37. The lowest BCUT2D eigenvalue weighted by Crippen LogP contribution is -2.28. The van der Waals surface area contributed by atoms with Crippen molar-refractivity contribution in [2.45, 2.75) is 6.42 Å². The van der Waals surface area contributed by atoms with Gasteiger partial charge in [-0.2, -0.15) is 0 Å². The highest BCUT2D eigenvalue weighted by Gasteiger charge is 2.36. The Kier molecular flexibility index (Phi) is 6.05. The van der Waals surface area contributed by atoms with E-state index in [-0.39, 0.29) is 36.2 Å². The summed E-state index contributed by atoms with van der Waals surface area (Å²) in [5.74, 6) is 0.00197. The molecule has 0 aromatic heterocycles. The molecule has 0 unspecified atom stereocenters. The van der Waals surface area contributed by atoms with Gasteiger partial charge in [0.05, 0.1) is 49.6 Å². The van der Waals surface area contributed by atoms with Crippen LogP contribution in [0.25, 0.3) is 0 Å². The molecule has 0 bridgehead atoms. The first-order chi connectivity index (χ1) is 14.4. The van der Waals surface area contributed by atoms with E-state index in [9.17, 15) is 19.7 Å². The number of non-ortho nitro benzene ring substituents is 1. The van der Waals surface area contributed by atoms with Gasteiger partial charge in [0.15, 0.2) is 0 Å². The van der Waals surface area contributed by atoms with E-state index in [1.165, 1.54) is 44.4 Å². The Morgan fingerprint density at radius 1 is 1.10 bits per heavy atom. The first-order valence-electron chi connectivity index (χ1n) is 9.03. The lowest BCUT2D eigenvalue weighted by molar-refractivity contribution is -0.384. The zero-order chi connectivity index (χ0) is 21.8. The van der Waals surface area contributed by atoms with Crippen molar-refractivity contribution in [3.63, 3.8) is 0 Å². The molecule has 1 heterocycles. The number of nitrogens with zero attached hydrogens (tertiary/aromatic N) is 2. The summed E-state index contributed by atoms with van der Waals surface area (Å²) in [5, 5.41) is 13.6. The van der Waals surface area contributed by atoms with Gasteiger partial charge in [-0.1, -0.05) is 0 Å². The molecule has 2 aromatic carbocycles. The van der Waals surface area contributed by atoms with Gasteiger partial charge in [0, 0.05) is 25.1 Å². The Balaban J connectivity index is 1.77. The zero-order valence-corrected chi connectivity index (χ0v) is 16.7. The Hall–Kier alpha value is -3.82. The summed E-state index contributed by atoms with van der Waals surface area (Å²) in [6.45, 7) is 0.169. The molecular weight excluding hydrogens is 394 g/mol. The molecule has 30 heavy (non-hydrogen) atoms. The number of benzene rings is 2. The number of hydrogen-bond donors (Lipinski definition) is 1. The molecule has 1 N–H and O–H groups in total. The number of anilines is 2. The first kappa shape index (κ1) is 20.9. The minimum Gasteiger partial charge on any atom is -0.497 e. The molecule has 10 heteroatoms. The van der Waals surface area contributed by atoms with Crippen LogP contribution in [-0.4, -0.2) is 44.6 Å². The number of carbonyl (C=O) groups excluding carboxylic acids is 2. The Bertz CT molecular complexity index is 992. The molecular formula is C20H21N3O7. The molecule has 1 atom stereocenters. The predicted octanol–water partition coefficient (Wildman–Crippen LogP) is 2.61. The van der Waals surface area contributed by atoms with Crippen LogP contribution in [0.5, 0.6) is 17.2 Å². The third-order valence-corrected chi connectivity index (χ3v) is 4.83. The third-order valence-electron chi connectivity index (χ3n) is 4.83. The lowest BCUT2D eigenvalue weighted by Gasteiger charge is -2.20. The van der Waals surface area contributed by atoms with E-state index in [4.69, 9.17) is 14.2 Å². The van der Waals surface area contributed by atoms with Gasteiger partial charge in [-0.25, -0.2) is 0 Å². The lowest BCUT2D eigenvalue weighted by atomic mass is 10.1. The number of amides is 2. The quantitative estimate of drug-likeness (QED) is 0.545. The fourth-order valence-electron chi connectivity index (χ4n) is 3.26. The number of carbonyl (C=O) groups is 2. The van der Waals surface area contributed by atoms with Crippen molar-refractivity contribution < 1.29 is 28.7 Å². The van der Waals surface area contributed by atoms with E-state index in [0.29, 0.717) is 22.9 Å². The molecule has 1 fully saturated rings. The van der Waals surface area contributed by atoms with Gasteiger partial charge < -0.3 is 24.4 Å². The second-order valence-electron chi connectivity index (χ2n) is 6.57. The van der Waals surface area contributed by atoms with E-state index < -0.39 is 10.8 Å². The molecule has 0 radical (unpaired) electrons. The molecule has 2 amide bonds. The van der Waals surface area contributed by atoms with Gasteiger partial charge in [-0.3, -0.25) is 19.7 Å². The number of nitro benzene ring substituents is 1. The van der Waals surface area contributed by atoms with Gasteiger partial charge in [0.2, 0.25) is 11.8 Å². The van der Waals surface area contributed by atoms with E-state index in [1.807, 2.05) is 0 Å². The third kappa shape index (κ3) is 4.12. The van der Waals surface area contributed by atoms with Crippen molar-refractivity contribution in [2.75, 3.05) is 38.1 Å². The van der Waals surface area contributed by atoms with Crippen LogP contribution in [0.15, 0.2) is 36.4 Å². The maximum Gasteiger partial charge on any atom is 0.273 e. The van der Waals surface area contributed by atoms with Crippen molar-refractivity contribution in [1.29, 1.82) is 0 Å². The molecule has 2 aromatic rings. The molecule has 158 valence electrons. The molecule has 10 nitrogen and oxygen atoms in total. The number of hydrogen-bond acceptors (Lipinski definition) is 7. The molecule has 1 saturated heterocycles. The normalized spacial score (nSPS) is 15.6. The predicted molar refractivity (Wildman–Crippen MR) is 108 cm³/mol. The number of ether oxygens (including phenoxy) is 3. The molecule has 3 rings (SSSR count). The number of rotatable bonds is 7. The van der Waals surface area contributed by atoms with Gasteiger partial charge >= 0.3 is 0 Å². The molecule has 1 aliphatic rings. The van der Waals surface area contributed by atoms with E-state index in [0.717, 1.165) is 0 Å². The molecule has 0 aliphatic carbocycles. The summed E-state index contributed by atoms with van der Waals surface area (Å²) < 4.78 is 15.7. The smallest absolute Gasteiger partial charge is 0.273 e. The summed E-state index contributed by atoms with van der Waals surface area (Å²) >= 11 is 0. The summed E-state index contributed by atoms with van der Waals surface area (Å²) in [6.07, 6.45) is 0.0241. The first-order valence-corrected chi connectivity index (χ1v) is 9.03. The van der Waals surface area contributed by atoms with Crippen LogP contribution < -0.4 is 24.4 Å². The van der Waals surface area contributed by atoms with Crippen LogP contribution >= 0.6 is 0 Å². The minimum atomic E-state index is -0.607. The van der Waals surface area contributed by atoms with E-state index in [2.05, 4.69) is 5.32 Å². The van der Waals surface area contributed by atoms with Crippen LogP contribution in [0, 0.1) is 16.0 Å². The zero-order valence-electron chi connectivity index (χ0n) is 16.7. The van der Waals surface area contributed by atoms with Crippen LogP contribution in [-0.2, 0) is 9.59 Å². The summed E-state index contributed by atoms with van der Waals surface area (Å²) in [4.78, 5) is 37.2. The van der Waals surface area contributed by atoms with Crippen LogP contribution in [0.2, 0.25) is 0 Å². The van der Waals surface area contributed by atoms with Crippen molar-refractivity contribution >= 4 is 28.9 Å². The number of methoxy groups -OCH3 is 3. The average Bonchev–Trinajstić information content (AvgIpc) is 3.14. The standard InChI is InChI=1S/C20H21N3O7/c1-28-14-5-7-16(18(10-14)30-3)22-11-12(8-19(22)24)20(25)21-15-6-4-13(23(26)27)9-17(15)29-2/h4-7,9-10,12H,8,11H2,1-3H3,(H,21,25)/t12-/m1/s1. The summed E-state index contributed by atoms with van der Waals surface area (Å²) in [6, 6.07) is 8.97. The highest BCUT2D eigenvalue weighted by atomic mass is 16.6. The average molecular weight is 415 g/mol. The second kappa shape index (κ2) is 8.68. The van der Waals surface area contributed by atoms with Gasteiger partial charge in [0.25, 0.3) is 5.69 Å². The van der Waals surface area contributed by atoms with Gasteiger partial charge in [-0.15, -0.1) is 0 Å². The van der Waals surface area contributed by atoms with Crippen LogP contribution in [0.4, 0.5) is 17.1 Å².